The van der Waals surface area contributed by atoms with Crippen molar-refractivity contribution in [3.8, 4) is 0 Å². The number of unbranched alkanes of at least 4 members (excludes halogenated alkanes) is 1. The molecule has 0 fully saturated rings. The van der Waals surface area contributed by atoms with Gasteiger partial charge in [0.1, 0.15) is 16.5 Å². The number of aromatic nitrogens is 1. The molecular weight excluding hydrogens is 254 g/mol. The van der Waals surface area contributed by atoms with E-state index in [1.54, 1.807) is 0 Å². The van der Waals surface area contributed by atoms with Crippen molar-refractivity contribution in [2.75, 3.05) is 32.5 Å². The number of hydrogen-bond donors (Lipinski definition) is 2. The number of nitrogens with zero attached hydrogens (tertiary/aromatic N) is 2. The Hall–Kier alpha value is -1.33. The number of rotatable bonds is 7. The van der Waals surface area contributed by atoms with Gasteiger partial charge < -0.3 is 15.3 Å². The highest BCUT2D eigenvalue weighted by Crippen LogP contribution is 2.16. The van der Waals surface area contributed by atoms with Crippen LogP contribution < -0.4 is 5.32 Å². The summed E-state index contributed by atoms with van der Waals surface area (Å²) in [6, 6.07) is 2.93. The maximum atomic E-state index is 11.0. The summed E-state index contributed by atoms with van der Waals surface area (Å²) in [4.78, 5) is 17.1. The van der Waals surface area contributed by atoms with Gasteiger partial charge in [-0.3, -0.25) is 0 Å². The second-order valence-corrected chi connectivity index (χ2v) is 4.66. The van der Waals surface area contributed by atoms with Crippen LogP contribution >= 0.6 is 11.6 Å². The summed E-state index contributed by atoms with van der Waals surface area (Å²) in [5.74, 6) is -0.671. The first-order valence-corrected chi connectivity index (χ1v) is 6.17. The molecule has 1 rings (SSSR count). The van der Waals surface area contributed by atoms with Gasteiger partial charge >= 0.3 is 5.97 Å². The number of anilines is 1. The molecule has 0 aliphatic heterocycles. The third kappa shape index (κ3) is 4.89. The first-order valence-electron chi connectivity index (χ1n) is 5.79. The summed E-state index contributed by atoms with van der Waals surface area (Å²) in [5, 5.41) is 12.3. The molecule has 1 heterocycles. The van der Waals surface area contributed by atoms with Gasteiger partial charge in [-0.2, -0.15) is 0 Å². The number of nitrogens with one attached hydrogen (secondary N) is 1. The first kappa shape index (κ1) is 14.7. The SMILES string of the molecule is CN(C)CCCCNc1nc(Cl)ccc1C(=O)O. The summed E-state index contributed by atoms with van der Waals surface area (Å²) in [6.07, 6.45) is 1.99. The van der Waals surface area contributed by atoms with Crippen LogP contribution in [0.1, 0.15) is 23.2 Å². The van der Waals surface area contributed by atoms with Gasteiger partial charge in [0.2, 0.25) is 0 Å². The van der Waals surface area contributed by atoms with E-state index in [0.29, 0.717) is 12.4 Å². The van der Waals surface area contributed by atoms with Crippen molar-refractivity contribution in [1.82, 2.24) is 9.88 Å². The van der Waals surface area contributed by atoms with E-state index in [1.807, 2.05) is 14.1 Å². The van der Waals surface area contributed by atoms with Crippen molar-refractivity contribution >= 4 is 23.4 Å². The molecule has 0 aliphatic rings. The van der Waals surface area contributed by atoms with Crippen LogP contribution in [0, 0.1) is 0 Å². The van der Waals surface area contributed by atoms with E-state index in [4.69, 9.17) is 16.7 Å². The zero-order chi connectivity index (χ0) is 13.5. The van der Waals surface area contributed by atoms with Gasteiger partial charge in [0.15, 0.2) is 0 Å². The Morgan fingerprint density at radius 1 is 1.44 bits per heavy atom. The van der Waals surface area contributed by atoms with E-state index in [2.05, 4.69) is 15.2 Å². The molecule has 6 heteroatoms. The van der Waals surface area contributed by atoms with Crippen LogP contribution in [-0.2, 0) is 0 Å². The Balaban J connectivity index is 2.50. The summed E-state index contributed by atoms with van der Waals surface area (Å²) >= 11 is 5.75. The van der Waals surface area contributed by atoms with Crippen molar-refractivity contribution in [2.24, 2.45) is 0 Å². The van der Waals surface area contributed by atoms with E-state index in [-0.39, 0.29) is 10.7 Å². The van der Waals surface area contributed by atoms with Gasteiger partial charge in [0, 0.05) is 6.54 Å². The minimum Gasteiger partial charge on any atom is -0.478 e. The summed E-state index contributed by atoms with van der Waals surface area (Å²) < 4.78 is 0. The molecule has 0 unspecified atom stereocenters. The van der Waals surface area contributed by atoms with Crippen molar-refractivity contribution in [3.63, 3.8) is 0 Å². The highest BCUT2D eigenvalue weighted by Gasteiger charge is 2.11. The van der Waals surface area contributed by atoms with Crippen LogP contribution in [-0.4, -0.2) is 48.1 Å². The van der Waals surface area contributed by atoms with Gasteiger partial charge in [-0.1, -0.05) is 11.6 Å². The largest absolute Gasteiger partial charge is 0.478 e. The summed E-state index contributed by atoms with van der Waals surface area (Å²) in [5.41, 5.74) is 0.145. The second-order valence-electron chi connectivity index (χ2n) is 4.27. The molecule has 0 aromatic carbocycles. The predicted octanol–water partition coefficient (Wildman–Crippen LogP) is 2.19. The maximum Gasteiger partial charge on any atom is 0.339 e. The summed E-state index contributed by atoms with van der Waals surface area (Å²) in [6.45, 7) is 1.69. The van der Waals surface area contributed by atoms with Crippen LogP contribution in [0.2, 0.25) is 5.15 Å². The average molecular weight is 272 g/mol. The lowest BCUT2D eigenvalue weighted by atomic mass is 10.2. The molecule has 1 aromatic heterocycles. The fourth-order valence-corrected chi connectivity index (χ4v) is 1.65. The Labute approximate surface area is 112 Å². The number of carboxylic acids is 1. The molecule has 0 aliphatic carbocycles. The Kier molecular flexibility index (Phi) is 5.88. The predicted molar refractivity (Wildman–Crippen MR) is 72.5 cm³/mol. The number of carboxylic acid groups (broad SMARTS) is 1. The number of pyridine rings is 1. The monoisotopic (exact) mass is 271 g/mol. The minimum absolute atomic E-state index is 0.145. The molecule has 0 saturated carbocycles. The molecule has 100 valence electrons. The van der Waals surface area contributed by atoms with Gasteiger partial charge in [0.25, 0.3) is 0 Å². The topological polar surface area (TPSA) is 65.5 Å². The van der Waals surface area contributed by atoms with Crippen LogP contribution in [0.3, 0.4) is 0 Å². The molecule has 1 aromatic rings. The van der Waals surface area contributed by atoms with Crippen LogP contribution in [0.15, 0.2) is 12.1 Å². The average Bonchev–Trinajstić information content (AvgIpc) is 2.27. The van der Waals surface area contributed by atoms with E-state index in [0.717, 1.165) is 19.4 Å². The van der Waals surface area contributed by atoms with Gasteiger partial charge in [-0.25, -0.2) is 9.78 Å². The smallest absolute Gasteiger partial charge is 0.339 e. The highest BCUT2D eigenvalue weighted by molar-refractivity contribution is 6.29. The standard InChI is InChI=1S/C12H18ClN3O2/c1-16(2)8-4-3-7-14-11-9(12(17)18)5-6-10(13)15-11/h5-6H,3-4,7-8H2,1-2H3,(H,14,15)(H,17,18). The fourth-order valence-electron chi connectivity index (χ4n) is 1.50. The maximum absolute atomic E-state index is 11.0. The molecule has 0 spiro atoms. The fraction of sp³-hybridized carbons (Fsp3) is 0.500. The lowest BCUT2D eigenvalue weighted by molar-refractivity contribution is 0.0697. The van der Waals surface area contributed by atoms with Crippen molar-refractivity contribution in [3.05, 3.63) is 22.8 Å². The van der Waals surface area contributed by atoms with Crippen molar-refractivity contribution in [2.45, 2.75) is 12.8 Å². The molecule has 0 atom stereocenters. The van der Waals surface area contributed by atoms with E-state index >= 15 is 0 Å². The number of aromatic carboxylic acids is 1. The number of carbonyl (C=O) groups is 1. The zero-order valence-electron chi connectivity index (χ0n) is 10.6. The number of hydrogen-bond acceptors (Lipinski definition) is 4. The van der Waals surface area contributed by atoms with Crippen LogP contribution in [0.5, 0.6) is 0 Å². The molecule has 0 saturated heterocycles. The lowest BCUT2D eigenvalue weighted by Crippen LogP contribution is -2.15. The van der Waals surface area contributed by atoms with Crippen molar-refractivity contribution < 1.29 is 9.90 Å². The Morgan fingerprint density at radius 2 is 2.17 bits per heavy atom. The zero-order valence-corrected chi connectivity index (χ0v) is 11.4. The molecule has 5 nitrogen and oxygen atoms in total. The molecule has 0 radical (unpaired) electrons. The third-order valence-corrected chi connectivity index (χ3v) is 2.63. The van der Waals surface area contributed by atoms with Crippen LogP contribution in [0.4, 0.5) is 5.82 Å². The quantitative estimate of drug-likeness (QED) is 0.588. The summed E-state index contributed by atoms with van der Waals surface area (Å²) in [7, 11) is 4.04. The Morgan fingerprint density at radius 3 is 2.78 bits per heavy atom. The van der Waals surface area contributed by atoms with E-state index < -0.39 is 5.97 Å². The van der Waals surface area contributed by atoms with Crippen LogP contribution in [0.25, 0.3) is 0 Å². The lowest BCUT2D eigenvalue weighted by Gasteiger charge is -2.11. The molecule has 0 bridgehead atoms. The highest BCUT2D eigenvalue weighted by atomic mass is 35.5. The normalized spacial score (nSPS) is 10.7. The second kappa shape index (κ2) is 7.18. The van der Waals surface area contributed by atoms with Gasteiger partial charge in [-0.05, 0) is 45.6 Å². The molecule has 2 N–H and O–H groups in total. The molecule has 18 heavy (non-hydrogen) atoms. The number of halogens is 1. The van der Waals surface area contributed by atoms with E-state index in [1.165, 1.54) is 12.1 Å². The molecular formula is C12H18ClN3O2. The van der Waals surface area contributed by atoms with Gasteiger partial charge in [0.05, 0.1) is 0 Å². The minimum atomic E-state index is -1.00. The van der Waals surface area contributed by atoms with Gasteiger partial charge in [-0.15, -0.1) is 0 Å². The Bertz CT molecular complexity index is 410. The third-order valence-electron chi connectivity index (χ3n) is 2.42. The van der Waals surface area contributed by atoms with Crippen molar-refractivity contribution in [1.29, 1.82) is 0 Å². The van der Waals surface area contributed by atoms with E-state index in [9.17, 15) is 4.79 Å². The molecule has 0 amide bonds. The first-order chi connectivity index (χ1) is 8.50.